The van der Waals surface area contributed by atoms with Crippen molar-refractivity contribution in [2.24, 2.45) is 5.11 Å². The van der Waals surface area contributed by atoms with Crippen molar-refractivity contribution in [3.63, 3.8) is 0 Å². The molecule has 0 amide bonds. The van der Waals surface area contributed by atoms with E-state index < -0.39 is 5.82 Å². The highest BCUT2D eigenvalue weighted by Crippen LogP contribution is 2.33. The molecule has 4 heterocycles. The molecule has 154 valence electrons. The summed E-state index contributed by atoms with van der Waals surface area (Å²) in [6.07, 6.45) is 2.86. The number of hydrogen-bond acceptors (Lipinski definition) is 7. The van der Waals surface area contributed by atoms with Crippen LogP contribution in [0.15, 0.2) is 23.6 Å². The van der Waals surface area contributed by atoms with Crippen LogP contribution in [0.3, 0.4) is 0 Å². The van der Waals surface area contributed by atoms with Crippen LogP contribution in [0.1, 0.15) is 5.69 Å². The summed E-state index contributed by atoms with van der Waals surface area (Å²) >= 11 is 12.4. The fourth-order valence-electron chi connectivity index (χ4n) is 3.07. The van der Waals surface area contributed by atoms with Gasteiger partial charge in [0, 0.05) is 48.6 Å². The second-order valence-electron chi connectivity index (χ2n) is 6.73. The second kappa shape index (κ2) is 8.53. The Bertz CT molecular complexity index is 1150. The summed E-state index contributed by atoms with van der Waals surface area (Å²) in [5.74, 6) is -0.572. The number of fused-ring (bicyclic) bond motifs is 1. The monoisotopic (exact) mass is 448 g/mol. The van der Waals surface area contributed by atoms with Gasteiger partial charge in [-0.15, -0.1) is 0 Å². The van der Waals surface area contributed by atoms with Crippen LogP contribution in [0.25, 0.3) is 32.7 Å². The van der Waals surface area contributed by atoms with E-state index in [0.717, 1.165) is 0 Å². The second-order valence-corrected chi connectivity index (χ2v) is 7.49. The van der Waals surface area contributed by atoms with E-state index in [1.807, 2.05) is 0 Å². The first-order chi connectivity index (χ1) is 14.5. The minimum Gasteiger partial charge on any atom is -0.462 e. The molecule has 0 bridgehead atoms. The van der Waals surface area contributed by atoms with Crippen LogP contribution in [0.5, 0.6) is 6.01 Å². The molecule has 0 atom stereocenters. The maximum atomic E-state index is 14.6. The summed E-state index contributed by atoms with van der Waals surface area (Å²) in [5.41, 5.74) is 9.91. The molecule has 0 radical (unpaired) electrons. The fourth-order valence-corrected chi connectivity index (χ4v) is 3.48. The number of halogens is 3. The van der Waals surface area contributed by atoms with Crippen molar-refractivity contribution in [2.75, 3.05) is 26.2 Å². The summed E-state index contributed by atoms with van der Waals surface area (Å²) in [4.78, 5) is 21.6. The highest BCUT2D eigenvalue weighted by atomic mass is 35.5. The molecule has 1 saturated heterocycles. The molecule has 12 heteroatoms. The quantitative estimate of drug-likeness (QED) is 0.317. The zero-order chi connectivity index (χ0) is 21.3. The van der Waals surface area contributed by atoms with Crippen molar-refractivity contribution in [3.05, 3.63) is 50.5 Å². The molecule has 1 fully saturated rings. The van der Waals surface area contributed by atoms with Crippen LogP contribution in [-0.4, -0.2) is 57.1 Å². The number of hydrogen-bond donors (Lipinski definition) is 0. The fraction of sp³-hybridized carbons (Fsp3) is 0.333. The van der Waals surface area contributed by atoms with E-state index in [9.17, 15) is 4.39 Å². The molecule has 0 saturated carbocycles. The number of pyridine rings is 2. The van der Waals surface area contributed by atoms with Gasteiger partial charge in [0.2, 0.25) is 0 Å². The zero-order valence-corrected chi connectivity index (χ0v) is 17.3. The van der Waals surface area contributed by atoms with Crippen molar-refractivity contribution in [3.8, 4) is 17.3 Å². The minimum atomic E-state index is -0.572. The lowest BCUT2D eigenvalue weighted by Gasteiger charge is -2.36. The molecule has 1 aliphatic heterocycles. The Morgan fingerprint density at radius 1 is 1.27 bits per heavy atom. The Kier molecular flexibility index (Phi) is 5.83. The molecule has 30 heavy (non-hydrogen) atoms. The molecule has 0 aromatic carbocycles. The van der Waals surface area contributed by atoms with Crippen LogP contribution in [-0.2, 0) is 0 Å². The first-order valence-corrected chi connectivity index (χ1v) is 9.75. The molecule has 9 nitrogen and oxygen atoms in total. The van der Waals surface area contributed by atoms with Gasteiger partial charge in [0.1, 0.15) is 17.8 Å². The highest BCUT2D eigenvalue weighted by molar-refractivity contribution is 6.45. The molecule has 4 rings (SSSR count). The highest BCUT2D eigenvalue weighted by Gasteiger charge is 2.25. The smallest absolute Gasteiger partial charge is 0.316 e. The van der Waals surface area contributed by atoms with Gasteiger partial charge in [0.15, 0.2) is 5.82 Å². The number of nitrogens with zero attached hydrogens (tertiary/aromatic N) is 8. The van der Waals surface area contributed by atoms with Gasteiger partial charge < -0.3 is 4.74 Å². The van der Waals surface area contributed by atoms with Crippen molar-refractivity contribution >= 4 is 34.2 Å². The Morgan fingerprint density at radius 2 is 2.00 bits per heavy atom. The van der Waals surface area contributed by atoms with E-state index in [2.05, 4.69) is 34.9 Å². The zero-order valence-electron chi connectivity index (χ0n) is 15.8. The Labute approximate surface area is 180 Å². The summed E-state index contributed by atoms with van der Waals surface area (Å²) < 4.78 is 20.1. The maximum Gasteiger partial charge on any atom is 0.316 e. The molecule has 0 aliphatic carbocycles. The van der Waals surface area contributed by atoms with Crippen LogP contribution < -0.4 is 4.74 Å². The van der Waals surface area contributed by atoms with Gasteiger partial charge in [-0.3, -0.25) is 4.90 Å². The van der Waals surface area contributed by atoms with E-state index in [-0.39, 0.29) is 27.8 Å². The molecule has 0 spiro atoms. The lowest BCUT2D eigenvalue weighted by Crippen LogP contribution is -2.50. The standard InChI is InChI=1S/C18H15Cl2FN8O/c1-9-14(19)15(20)17-13(25-9)4-12(21)16(26-17)10-5-23-18(24-6-10)30-3-2-29-7-11(8-29)27-28-22/h4-6,11H,2-3,7-8H2,1H3. The lowest BCUT2D eigenvalue weighted by molar-refractivity contribution is 0.121. The molecular weight excluding hydrogens is 434 g/mol. The van der Waals surface area contributed by atoms with Crippen molar-refractivity contribution in [1.29, 1.82) is 0 Å². The maximum absolute atomic E-state index is 14.6. The number of ether oxygens (including phenoxy) is 1. The average molecular weight is 449 g/mol. The van der Waals surface area contributed by atoms with Gasteiger partial charge in [-0.1, -0.05) is 28.3 Å². The Morgan fingerprint density at radius 3 is 2.70 bits per heavy atom. The van der Waals surface area contributed by atoms with E-state index in [0.29, 0.717) is 48.5 Å². The first kappa shape index (κ1) is 20.5. The van der Waals surface area contributed by atoms with E-state index in [1.165, 1.54) is 18.5 Å². The number of rotatable bonds is 6. The first-order valence-electron chi connectivity index (χ1n) is 9.00. The van der Waals surface area contributed by atoms with Crippen LogP contribution in [0.2, 0.25) is 10.0 Å². The average Bonchev–Trinajstić information content (AvgIpc) is 2.70. The van der Waals surface area contributed by atoms with Gasteiger partial charge in [-0.2, -0.15) is 0 Å². The topological polar surface area (TPSA) is 113 Å². The Hall–Kier alpha value is -2.78. The summed E-state index contributed by atoms with van der Waals surface area (Å²) in [6.45, 7) is 4.15. The molecule has 0 N–H and O–H groups in total. The normalized spacial score (nSPS) is 14.4. The van der Waals surface area contributed by atoms with Gasteiger partial charge in [-0.05, 0) is 12.5 Å². The van der Waals surface area contributed by atoms with Gasteiger partial charge in [0.25, 0.3) is 0 Å². The minimum absolute atomic E-state index is 0.0254. The van der Waals surface area contributed by atoms with E-state index in [4.69, 9.17) is 33.5 Å². The van der Waals surface area contributed by atoms with Gasteiger partial charge >= 0.3 is 6.01 Å². The van der Waals surface area contributed by atoms with E-state index in [1.54, 1.807) is 6.92 Å². The molecular formula is C18H15Cl2FN8O. The SMILES string of the molecule is Cc1nc2cc(F)c(-c3cnc(OCCN4CC(N=[N+]=[N-])C4)nc3)nc2c(Cl)c1Cl. The van der Waals surface area contributed by atoms with Gasteiger partial charge in [0.05, 0.1) is 27.3 Å². The third-order valence-electron chi connectivity index (χ3n) is 4.66. The molecule has 0 unspecified atom stereocenters. The van der Waals surface area contributed by atoms with Gasteiger partial charge in [-0.25, -0.2) is 24.3 Å². The van der Waals surface area contributed by atoms with Crippen LogP contribution in [0, 0.1) is 12.7 Å². The lowest BCUT2D eigenvalue weighted by atomic mass is 10.1. The van der Waals surface area contributed by atoms with Crippen molar-refractivity contribution < 1.29 is 9.13 Å². The predicted octanol–water partition coefficient (Wildman–Crippen LogP) is 4.21. The number of azide groups is 1. The summed E-state index contributed by atoms with van der Waals surface area (Å²) in [6, 6.07) is 1.45. The predicted molar refractivity (Wildman–Crippen MR) is 110 cm³/mol. The third kappa shape index (κ3) is 4.08. The van der Waals surface area contributed by atoms with E-state index >= 15 is 0 Å². The third-order valence-corrected chi connectivity index (χ3v) is 5.58. The van der Waals surface area contributed by atoms with Crippen molar-refractivity contribution in [2.45, 2.75) is 13.0 Å². The number of aryl methyl sites for hydroxylation is 1. The van der Waals surface area contributed by atoms with Crippen LogP contribution >= 0.6 is 23.2 Å². The summed E-state index contributed by atoms with van der Waals surface area (Å²) in [7, 11) is 0. The molecule has 3 aromatic heterocycles. The van der Waals surface area contributed by atoms with Crippen molar-refractivity contribution in [1.82, 2.24) is 24.8 Å². The largest absolute Gasteiger partial charge is 0.462 e. The molecule has 1 aliphatic rings. The van der Waals surface area contributed by atoms with Crippen LogP contribution in [0.4, 0.5) is 4.39 Å². The number of likely N-dealkylation sites (tertiary alicyclic amines) is 1. The molecule has 3 aromatic rings. The summed E-state index contributed by atoms with van der Waals surface area (Å²) in [5, 5.41) is 4.14. The Balaban J connectivity index is 1.45. The number of aromatic nitrogens is 4.